The van der Waals surface area contributed by atoms with Crippen molar-refractivity contribution in [3.05, 3.63) is 29.3 Å². The summed E-state index contributed by atoms with van der Waals surface area (Å²) in [7, 11) is 1.62. The molecule has 2 atom stereocenters. The monoisotopic (exact) mass is 255 g/mol. The summed E-state index contributed by atoms with van der Waals surface area (Å²) in [5.41, 5.74) is 8.43. The Hall–Kier alpha value is -0.550. The first-order valence-corrected chi connectivity index (χ1v) is 6.55. The maximum absolute atomic E-state index is 9.37. The molecule has 1 rings (SSSR count). The minimum absolute atomic E-state index is 0.0312. The third-order valence-electron chi connectivity index (χ3n) is 2.63. The van der Waals surface area contributed by atoms with Crippen molar-refractivity contribution in [2.45, 2.75) is 30.0 Å². The van der Waals surface area contributed by atoms with Crippen LogP contribution in [0.25, 0.3) is 0 Å². The maximum Gasteiger partial charge on any atom is 0.0625 e. The summed E-state index contributed by atoms with van der Waals surface area (Å²) in [6.45, 7) is 4.67. The van der Waals surface area contributed by atoms with Crippen molar-refractivity contribution in [1.82, 2.24) is 0 Å². The van der Waals surface area contributed by atoms with Gasteiger partial charge in [-0.05, 0) is 25.5 Å². The van der Waals surface area contributed by atoms with Crippen LogP contribution in [0.5, 0.6) is 0 Å². The SMILES string of the molecule is COCC(N)C(CO)Sc1ccc(C)cc1C. The minimum Gasteiger partial charge on any atom is -0.395 e. The molecule has 4 heteroatoms. The molecule has 0 heterocycles. The number of nitrogens with two attached hydrogens (primary N) is 1. The number of hydrogen-bond acceptors (Lipinski definition) is 4. The van der Waals surface area contributed by atoms with Crippen molar-refractivity contribution in [2.75, 3.05) is 20.3 Å². The average Bonchev–Trinajstić information content (AvgIpc) is 2.28. The number of aryl methyl sites for hydroxylation is 2. The van der Waals surface area contributed by atoms with Crippen LogP contribution in [0, 0.1) is 13.8 Å². The van der Waals surface area contributed by atoms with Crippen molar-refractivity contribution >= 4 is 11.8 Å². The van der Waals surface area contributed by atoms with Gasteiger partial charge in [0.25, 0.3) is 0 Å². The van der Waals surface area contributed by atoms with Crippen molar-refractivity contribution in [3.8, 4) is 0 Å². The van der Waals surface area contributed by atoms with E-state index in [-0.39, 0.29) is 17.9 Å². The van der Waals surface area contributed by atoms with Gasteiger partial charge in [0, 0.05) is 23.3 Å². The molecule has 0 aromatic heterocycles. The second-order valence-corrected chi connectivity index (χ2v) is 5.51. The van der Waals surface area contributed by atoms with E-state index in [0.717, 1.165) is 0 Å². The largest absolute Gasteiger partial charge is 0.395 e. The van der Waals surface area contributed by atoms with Gasteiger partial charge in [0.2, 0.25) is 0 Å². The Labute approximate surface area is 107 Å². The zero-order valence-corrected chi connectivity index (χ0v) is 11.5. The molecule has 0 aliphatic carbocycles. The van der Waals surface area contributed by atoms with Gasteiger partial charge in [-0.15, -0.1) is 11.8 Å². The number of ether oxygens (including phenoxy) is 1. The van der Waals surface area contributed by atoms with Gasteiger partial charge in [-0.1, -0.05) is 17.7 Å². The summed E-state index contributed by atoms with van der Waals surface area (Å²) in [6, 6.07) is 6.14. The van der Waals surface area contributed by atoms with Crippen LogP contribution < -0.4 is 5.73 Å². The third kappa shape index (κ3) is 4.32. The van der Waals surface area contributed by atoms with Crippen LogP contribution in [0.15, 0.2) is 23.1 Å². The molecule has 0 spiro atoms. The molecule has 3 N–H and O–H groups in total. The van der Waals surface area contributed by atoms with E-state index in [1.54, 1.807) is 18.9 Å². The molecule has 0 bridgehead atoms. The smallest absolute Gasteiger partial charge is 0.0625 e. The lowest BCUT2D eigenvalue weighted by Gasteiger charge is -2.21. The first-order valence-electron chi connectivity index (χ1n) is 5.67. The summed E-state index contributed by atoms with van der Waals surface area (Å²) in [6.07, 6.45) is 0. The number of benzene rings is 1. The quantitative estimate of drug-likeness (QED) is 0.760. The number of aliphatic hydroxyl groups is 1. The topological polar surface area (TPSA) is 55.5 Å². The predicted octanol–water partition coefficient (Wildman–Crippen LogP) is 1.73. The molecule has 0 aliphatic rings. The van der Waals surface area contributed by atoms with Crippen LogP contribution >= 0.6 is 11.8 Å². The van der Waals surface area contributed by atoms with Crippen LogP contribution in [0.2, 0.25) is 0 Å². The Morgan fingerprint density at radius 1 is 1.41 bits per heavy atom. The van der Waals surface area contributed by atoms with E-state index in [0.29, 0.717) is 6.61 Å². The number of thioether (sulfide) groups is 1. The molecule has 1 aromatic rings. The van der Waals surface area contributed by atoms with Gasteiger partial charge in [-0.25, -0.2) is 0 Å². The number of aliphatic hydroxyl groups excluding tert-OH is 1. The molecule has 0 amide bonds. The van der Waals surface area contributed by atoms with Crippen LogP contribution in [0.4, 0.5) is 0 Å². The highest BCUT2D eigenvalue weighted by molar-refractivity contribution is 8.00. The summed E-state index contributed by atoms with van der Waals surface area (Å²) in [4.78, 5) is 1.17. The van der Waals surface area contributed by atoms with Gasteiger partial charge in [-0.2, -0.15) is 0 Å². The third-order valence-corrected chi connectivity index (χ3v) is 4.14. The fourth-order valence-electron chi connectivity index (χ4n) is 1.65. The van der Waals surface area contributed by atoms with Gasteiger partial charge >= 0.3 is 0 Å². The Bertz CT molecular complexity index is 357. The van der Waals surface area contributed by atoms with E-state index in [2.05, 4.69) is 32.0 Å². The van der Waals surface area contributed by atoms with E-state index in [9.17, 15) is 5.11 Å². The fraction of sp³-hybridized carbons (Fsp3) is 0.538. The van der Waals surface area contributed by atoms with E-state index in [4.69, 9.17) is 10.5 Å². The lowest BCUT2D eigenvalue weighted by Crippen LogP contribution is -2.38. The Balaban J connectivity index is 2.73. The Morgan fingerprint density at radius 3 is 2.65 bits per heavy atom. The first-order chi connectivity index (χ1) is 8.08. The van der Waals surface area contributed by atoms with Gasteiger partial charge in [0.05, 0.1) is 13.2 Å². The zero-order valence-electron chi connectivity index (χ0n) is 10.6. The molecule has 2 unspecified atom stereocenters. The minimum atomic E-state index is -0.157. The Morgan fingerprint density at radius 2 is 2.12 bits per heavy atom. The van der Waals surface area contributed by atoms with Gasteiger partial charge in [0.15, 0.2) is 0 Å². The first kappa shape index (κ1) is 14.5. The highest BCUT2D eigenvalue weighted by atomic mass is 32.2. The van der Waals surface area contributed by atoms with Gasteiger partial charge in [-0.3, -0.25) is 0 Å². The van der Waals surface area contributed by atoms with Crippen LogP contribution in [0.3, 0.4) is 0 Å². The van der Waals surface area contributed by atoms with Crippen LogP contribution in [-0.2, 0) is 4.74 Å². The molecule has 1 aromatic carbocycles. The van der Waals surface area contributed by atoms with Crippen LogP contribution in [-0.4, -0.2) is 36.7 Å². The van der Waals surface area contributed by atoms with E-state index >= 15 is 0 Å². The predicted molar refractivity (Wildman–Crippen MR) is 72.5 cm³/mol. The van der Waals surface area contributed by atoms with Crippen LogP contribution in [0.1, 0.15) is 11.1 Å². The fourth-order valence-corrected chi connectivity index (χ4v) is 2.70. The lowest BCUT2D eigenvalue weighted by atomic mass is 10.2. The standard InChI is InChI=1S/C13H21NO2S/c1-9-4-5-12(10(2)6-9)17-13(7-15)11(14)8-16-3/h4-6,11,13,15H,7-8,14H2,1-3H3. The summed E-state index contributed by atoms with van der Waals surface area (Å²) in [5, 5.41) is 9.34. The summed E-state index contributed by atoms with van der Waals surface area (Å²) >= 11 is 1.62. The molecular formula is C13H21NO2S. The molecule has 17 heavy (non-hydrogen) atoms. The second-order valence-electron chi connectivity index (χ2n) is 4.23. The van der Waals surface area contributed by atoms with Gasteiger partial charge < -0.3 is 15.6 Å². The molecule has 96 valence electrons. The molecule has 0 radical (unpaired) electrons. The van der Waals surface area contributed by atoms with E-state index < -0.39 is 0 Å². The zero-order chi connectivity index (χ0) is 12.8. The average molecular weight is 255 g/mol. The van der Waals surface area contributed by atoms with E-state index in [1.165, 1.54) is 16.0 Å². The highest BCUT2D eigenvalue weighted by Crippen LogP contribution is 2.28. The van der Waals surface area contributed by atoms with Crippen molar-refractivity contribution in [2.24, 2.45) is 5.73 Å². The Kier molecular flexibility index (Phi) is 5.98. The van der Waals surface area contributed by atoms with Crippen molar-refractivity contribution < 1.29 is 9.84 Å². The molecule has 0 fully saturated rings. The number of methoxy groups -OCH3 is 1. The molecule has 0 saturated carbocycles. The number of rotatable bonds is 6. The molecular weight excluding hydrogens is 234 g/mol. The number of hydrogen-bond donors (Lipinski definition) is 2. The maximum atomic E-state index is 9.37. The highest BCUT2D eigenvalue weighted by Gasteiger charge is 2.18. The normalized spacial score (nSPS) is 14.6. The molecule has 0 saturated heterocycles. The van der Waals surface area contributed by atoms with Gasteiger partial charge in [0.1, 0.15) is 0 Å². The van der Waals surface area contributed by atoms with Crippen molar-refractivity contribution in [1.29, 1.82) is 0 Å². The molecule has 0 aliphatic heterocycles. The second kappa shape index (κ2) is 7.01. The van der Waals surface area contributed by atoms with Crippen molar-refractivity contribution in [3.63, 3.8) is 0 Å². The summed E-state index contributed by atoms with van der Waals surface area (Å²) in [5.74, 6) is 0. The molecule has 3 nitrogen and oxygen atoms in total. The lowest BCUT2D eigenvalue weighted by molar-refractivity contribution is 0.167. The summed E-state index contributed by atoms with van der Waals surface area (Å²) < 4.78 is 5.02. The van der Waals surface area contributed by atoms with E-state index in [1.807, 2.05) is 0 Å².